The lowest BCUT2D eigenvalue weighted by Gasteiger charge is -2.23. The van der Waals surface area contributed by atoms with Gasteiger partial charge in [0, 0.05) is 11.5 Å². The number of rotatable bonds is 0. The van der Waals surface area contributed by atoms with E-state index in [1.54, 1.807) is 0 Å². The van der Waals surface area contributed by atoms with Crippen LogP contribution in [0.3, 0.4) is 0 Å². The summed E-state index contributed by atoms with van der Waals surface area (Å²) in [6.45, 7) is 6.55. The maximum Gasteiger partial charge on any atom is 0.228 e. The first-order chi connectivity index (χ1) is 12.1. The topological polar surface area (TPSA) is 13.1 Å². The zero-order valence-corrected chi connectivity index (χ0v) is 15.0. The van der Waals surface area contributed by atoms with Gasteiger partial charge in [-0.1, -0.05) is 24.3 Å². The number of fused-ring (bicyclic) bond motifs is 3. The van der Waals surface area contributed by atoms with Crippen LogP contribution in [-0.4, -0.2) is 0 Å². The molecule has 1 aromatic heterocycles. The predicted molar refractivity (Wildman–Crippen MR) is 102 cm³/mol. The van der Waals surface area contributed by atoms with E-state index in [4.69, 9.17) is 4.74 Å². The molecule has 2 heterocycles. The first-order valence-electron chi connectivity index (χ1n) is 8.69. The fourth-order valence-corrected chi connectivity index (χ4v) is 4.17. The largest absolute Gasteiger partial charge is 0.456 e. The van der Waals surface area contributed by atoms with Crippen molar-refractivity contribution in [1.82, 2.24) is 0 Å². The minimum atomic E-state index is 0.954. The van der Waals surface area contributed by atoms with Crippen LogP contribution in [0.1, 0.15) is 16.7 Å². The Labute approximate surface area is 147 Å². The van der Waals surface area contributed by atoms with E-state index in [2.05, 4.69) is 81.0 Å². The summed E-state index contributed by atoms with van der Waals surface area (Å²) in [4.78, 5) is 0. The standard InChI is InChI=1S/C23H20NO/c1-13-11-19-22-18(14(13)2)9-10-24(4)23(22)21-15(3)17-8-6-5-7-16(17)12-20(21)25-19/h5-12H,1-4H3/q+1. The highest BCUT2D eigenvalue weighted by atomic mass is 16.5. The number of nitrogens with zero attached hydrogens (tertiary/aromatic N) is 1. The van der Waals surface area contributed by atoms with Gasteiger partial charge in [-0.05, 0) is 60.4 Å². The molecule has 0 radical (unpaired) electrons. The second kappa shape index (κ2) is 4.82. The van der Waals surface area contributed by atoms with Crippen molar-refractivity contribution in [3.63, 3.8) is 0 Å². The van der Waals surface area contributed by atoms with E-state index in [0.717, 1.165) is 11.5 Å². The molecular formula is C23H20NO+. The Kier molecular flexibility index (Phi) is 2.79. The second-order valence-corrected chi connectivity index (χ2v) is 7.08. The molecular weight excluding hydrogens is 306 g/mol. The van der Waals surface area contributed by atoms with Gasteiger partial charge in [0.15, 0.2) is 6.20 Å². The Morgan fingerprint density at radius 2 is 1.64 bits per heavy atom. The number of aromatic nitrogens is 1. The van der Waals surface area contributed by atoms with Gasteiger partial charge in [-0.2, -0.15) is 0 Å². The number of hydrogen-bond acceptors (Lipinski definition) is 1. The van der Waals surface area contributed by atoms with Gasteiger partial charge in [-0.3, -0.25) is 0 Å². The summed E-state index contributed by atoms with van der Waals surface area (Å²) in [5.74, 6) is 1.92. The van der Waals surface area contributed by atoms with Gasteiger partial charge in [-0.15, -0.1) is 0 Å². The quantitative estimate of drug-likeness (QED) is 0.342. The Morgan fingerprint density at radius 3 is 2.48 bits per heavy atom. The molecule has 5 rings (SSSR count). The van der Waals surface area contributed by atoms with Gasteiger partial charge in [0.25, 0.3) is 0 Å². The monoisotopic (exact) mass is 326 g/mol. The Bertz CT molecular complexity index is 1200. The highest BCUT2D eigenvalue weighted by molar-refractivity contribution is 6.06. The molecule has 0 unspecified atom stereocenters. The van der Waals surface area contributed by atoms with Crippen LogP contribution in [0.25, 0.3) is 32.8 Å². The average molecular weight is 326 g/mol. The summed E-state index contributed by atoms with van der Waals surface area (Å²) in [6, 6.07) is 15.1. The Balaban J connectivity index is 2.02. The minimum absolute atomic E-state index is 0.954. The van der Waals surface area contributed by atoms with Crippen molar-refractivity contribution in [1.29, 1.82) is 0 Å². The first kappa shape index (κ1) is 14.5. The van der Waals surface area contributed by atoms with Crippen LogP contribution in [0, 0.1) is 20.8 Å². The van der Waals surface area contributed by atoms with Crippen molar-refractivity contribution >= 4 is 21.5 Å². The van der Waals surface area contributed by atoms with Crippen LogP contribution in [0.5, 0.6) is 11.5 Å². The molecule has 3 aromatic carbocycles. The average Bonchev–Trinajstić information content (AvgIpc) is 2.61. The normalized spacial score (nSPS) is 12.3. The van der Waals surface area contributed by atoms with Crippen molar-refractivity contribution in [3.8, 4) is 22.8 Å². The molecule has 1 aliphatic rings. The number of pyridine rings is 1. The maximum absolute atomic E-state index is 6.42. The van der Waals surface area contributed by atoms with Gasteiger partial charge in [0.1, 0.15) is 18.5 Å². The van der Waals surface area contributed by atoms with Crippen molar-refractivity contribution < 1.29 is 9.30 Å². The predicted octanol–water partition coefficient (Wildman–Crippen LogP) is 5.52. The number of benzene rings is 3. The Morgan fingerprint density at radius 1 is 0.840 bits per heavy atom. The third-order valence-corrected chi connectivity index (χ3v) is 5.64. The molecule has 0 amide bonds. The molecule has 2 heteroatoms. The fourth-order valence-electron chi connectivity index (χ4n) is 4.17. The highest BCUT2D eigenvalue weighted by Gasteiger charge is 2.30. The summed E-state index contributed by atoms with van der Waals surface area (Å²) in [6.07, 6.45) is 2.16. The van der Waals surface area contributed by atoms with E-state index in [1.165, 1.54) is 49.5 Å². The number of ether oxygens (including phenoxy) is 1. The molecule has 1 aliphatic heterocycles. The van der Waals surface area contributed by atoms with Crippen molar-refractivity contribution in [3.05, 3.63) is 65.4 Å². The summed E-state index contributed by atoms with van der Waals surface area (Å²) in [5, 5.41) is 5.01. The van der Waals surface area contributed by atoms with E-state index in [1.807, 2.05) is 0 Å². The third-order valence-electron chi connectivity index (χ3n) is 5.64. The van der Waals surface area contributed by atoms with E-state index in [-0.39, 0.29) is 0 Å². The second-order valence-electron chi connectivity index (χ2n) is 7.08. The molecule has 0 atom stereocenters. The van der Waals surface area contributed by atoms with Crippen LogP contribution in [0.2, 0.25) is 0 Å². The number of hydrogen-bond donors (Lipinski definition) is 0. The van der Waals surface area contributed by atoms with Gasteiger partial charge in [0.2, 0.25) is 5.69 Å². The summed E-state index contributed by atoms with van der Waals surface area (Å²) < 4.78 is 8.64. The van der Waals surface area contributed by atoms with Gasteiger partial charge >= 0.3 is 0 Å². The molecule has 0 spiro atoms. The molecule has 0 N–H and O–H groups in total. The molecule has 25 heavy (non-hydrogen) atoms. The third kappa shape index (κ3) is 1.82. The van der Waals surface area contributed by atoms with Gasteiger partial charge in [0.05, 0.1) is 10.9 Å². The zero-order chi connectivity index (χ0) is 17.3. The fraction of sp³-hybridized carbons (Fsp3) is 0.174. The lowest BCUT2D eigenvalue weighted by atomic mass is 9.90. The zero-order valence-electron chi connectivity index (χ0n) is 15.0. The van der Waals surface area contributed by atoms with Gasteiger partial charge in [-0.25, -0.2) is 4.57 Å². The lowest BCUT2D eigenvalue weighted by molar-refractivity contribution is -0.659. The molecule has 122 valence electrons. The molecule has 2 nitrogen and oxygen atoms in total. The molecule has 0 fully saturated rings. The molecule has 0 aliphatic carbocycles. The van der Waals surface area contributed by atoms with Gasteiger partial charge < -0.3 is 4.74 Å². The number of aryl methyl sites for hydroxylation is 4. The Hall–Kier alpha value is -2.87. The molecule has 0 saturated carbocycles. The minimum Gasteiger partial charge on any atom is -0.456 e. The molecule has 4 aromatic rings. The molecule has 0 saturated heterocycles. The first-order valence-corrected chi connectivity index (χ1v) is 8.69. The van der Waals surface area contributed by atoms with E-state index >= 15 is 0 Å². The smallest absolute Gasteiger partial charge is 0.228 e. The van der Waals surface area contributed by atoms with Crippen LogP contribution in [0.4, 0.5) is 0 Å². The van der Waals surface area contributed by atoms with Crippen LogP contribution in [-0.2, 0) is 7.05 Å². The van der Waals surface area contributed by atoms with Crippen molar-refractivity contribution in [2.24, 2.45) is 7.05 Å². The lowest BCUT2D eigenvalue weighted by Crippen LogP contribution is -2.32. The van der Waals surface area contributed by atoms with Crippen LogP contribution < -0.4 is 9.30 Å². The summed E-state index contributed by atoms with van der Waals surface area (Å²) in [5.41, 5.74) is 6.33. The maximum atomic E-state index is 6.42. The van der Waals surface area contributed by atoms with Crippen LogP contribution >= 0.6 is 0 Å². The highest BCUT2D eigenvalue weighted by Crippen LogP contribution is 2.49. The van der Waals surface area contributed by atoms with E-state index in [0.29, 0.717) is 0 Å². The summed E-state index contributed by atoms with van der Waals surface area (Å²) in [7, 11) is 2.12. The summed E-state index contributed by atoms with van der Waals surface area (Å²) >= 11 is 0. The van der Waals surface area contributed by atoms with Crippen molar-refractivity contribution in [2.75, 3.05) is 0 Å². The van der Waals surface area contributed by atoms with Crippen molar-refractivity contribution in [2.45, 2.75) is 20.8 Å². The van der Waals surface area contributed by atoms with Crippen LogP contribution in [0.15, 0.2) is 48.7 Å². The van der Waals surface area contributed by atoms with E-state index in [9.17, 15) is 0 Å². The molecule has 0 bridgehead atoms. The van der Waals surface area contributed by atoms with E-state index < -0.39 is 0 Å². The SMILES string of the molecule is Cc1cc2c3c([n+](C)ccc3c1C)-c1c(cc3ccccc3c1C)O2.